The van der Waals surface area contributed by atoms with E-state index in [-0.39, 0.29) is 23.9 Å². The van der Waals surface area contributed by atoms with E-state index in [0.29, 0.717) is 22.4 Å². The van der Waals surface area contributed by atoms with Crippen molar-refractivity contribution >= 4 is 39.1 Å². The summed E-state index contributed by atoms with van der Waals surface area (Å²) >= 11 is 5.79. The van der Waals surface area contributed by atoms with Crippen molar-refractivity contribution < 1.29 is 35.6 Å². The van der Waals surface area contributed by atoms with Gasteiger partial charge in [-0.1, -0.05) is 55.8 Å². The van der Waals surface area contributed by atoms with Gasteiger partial charge >= 0.3 is 6.18 Å². The molecule has 232 valence electrons. The average Bonchev–Trinajstić information content (AvgIpc) is 2.96. The molecule has 0 unspecified atom stereocenters. The van der Waals surface area contributed by atoms with E-state index in [0.717, 1.165) is 17.0 Å². The van der Waals surface area contributed by atoms with E-state index in [4.69, 9.17) is 11.6 Å². The number of benzene rings is 3. The summed E-state index contributed by atoms with van der Waals surface area (Å²) in [4.78, 5) is 28.2. The number of amides is 2. The molecule has 43 heavy (non-hydrogen) atoms. The van der Waals surface area contributed by atoms with Gasteiger partial charge in [0.05, 0.1) is 21.2 Å². The minimum absolute atomic E-state index is 0.139. The van der Waals surface area contributed by atoms with Crippen molar-refractivity contribution in [1.29, 1.82) is 0 Å². The summed E-state index contributed by atoms with van der Waals surface area (Å²) in [6, 6.07) is 13.4. The van der Waals surface area contributed by atoms with Crippen LogP contribution in [0.4, 0.5) is 23.2 Å². The molecule has 7 nitrogen and oxygen atoms in total. The first-order chi connectivity index (χ1) is 20.2. The molecule has 3 aromatic carbocycles. The summed E-state index contributed by atoms with van der Waals surface area (Å²) < 4.78 is 83.0. The minimum Gasteiger partial charge on any atom is -0.352 e. The van der Waals surface area contributed by atoms with E-state index in [1.54, 1.807) is 19.9 Å². The average molecular weight is 642 g/mol. The van der Waals surface area contributed by atoms with Crippen LogP contribution in [0.2, 0.25) is 5.02 Å². The maximum absolute atomic E-state index is 14.0. The topological polar surface area (TPSA) is 86.8 Å². The number of carbonyl (C=O) groups excluding carboxylic acids is 2. The molecule has 0 spiro atoms. The number of carbonyl (C=O) groups is 2. The van der Waals surface area contributed by atoms with E-state index in [1.807, 2.05) is 6.92 Å². The van der Waals surface area contributed by atoms with Gasteiger partial charge in [-0.2, -0.15) is 13.2 Å². The van der Waals surface area contributed by atoms with Gasteiger partial charge in [-0.25, -0.2) is 12.8 Å². The predicted molar refractivity (Wildman–Crippen MR) is 156 cm³/mol. The first kappa shape index (κ1) is 33.9. The van der Waals surface area contributed by atoms with Gasteiger partial charge < -0.3 is 10.2 Å². The number of anilines is 1. The fourth-order valence-electron chi connectivity index (χ4n) is 4.28. The van der Waals surface area contributed by atoms with E-state index in [9.17, 15) is 35.6 Å². The Hall–Kier alpha value is -3.64. The molecule has 3 aromatic rings. The molecule has 0 aliphatic rings. The highest BCUT2D eigenvalue weighted by Gasteiger charge is 2.37. The van der Waals surface area contributed by atoms with Crippen molar-refractivity contribution in [2.45, 2.75) is 63.3 Å². The van der Waals surface area contributed by atoms with Gasteiger partial charge in [-0.05, 0) is 67.8 Å². The Labute approximate surface area is 253 Å². The van der Waals surface area contributed by atoms with Crippen LogP contribution in [0.5, 0.6) is 0 Å². The molecule has 0 fully saturated rings. The smallest absolute Gasteiger partial charge is 0.352 e. The number of hydrogen-bond donors (Lipinski definition) is 1. The van der Waals surface area contributed by atoms with Crippen LogP contribution in [0.25, 0.3) is 0 Å². The molecule has 0 saturated carbocycles. The molecule has 0 aliphatic heterocycles. The quantitative estimate of drug-likeness (QED) is 0.232. The second kappa shape index (κ2) is 14.2. The zero-order valence-electron chi connectivity index (χ0n) is 23.7. The van der Waals surface area contributed by atoms with Crippen LogP contribution in [0, 0.1) is 5.82 Å². The van der Waals surface area contributed by atoms with Gasteiger partial charge in [0, 0.05) is 12.6 Å². The summed E-state index contributed by atoms with van der Waals surface area (Å²) in [6.45, 7) is 4.17. The third-order valence-corrected chi connectivity index (χ3v) is 8.92. The SMILES string of the molecule is CC[C@H](C)NC(=O)[C@H](CC)N(Cc1ccc(F)cc1)C(=O)CN(c1ccc(Cl)c(C(F)(F)F)c1)S(=O)(=O)c1ccccc1. The van der Waals surface area contributed by atoms with Gasteiger partial charge in [0.1, 0.15) is 18.4 Å². The third-order valence-electron chi connectivity index (χ3n) is 6.81. The molecule has 2 amide bonds. The molecule has 2 atom stereocenters. The van der Waals surface area contributed by atoms with Crippen molar-refractivity contribution in [1.82, 2.24) is 10.2 Å². The normalized spacial score (nSPS) is 13.2. The number of alkyl halides is 3. The van der Waals surface area contributed by atoms with Crippen LogP contribution in [0.3, 0.4) is 0 Å². The Morgan fingerprint density at radius 1 is 0.953 bits per heavy atom. The second-order valence-electron chi connectivity index (χ2n) is 9.88. The summed E-state index contributed by atoms with van der Waals surface area (Å²) in [5.41, 5.74) is -1.28. The van der Waals surface area contributed by atoms with Crippen molar-refractivity contribution in [3.8, 4) is 0 Å². The monoisotopic (exact) mass is 641 g/mol. The molecule has 1 N–H and O–H groups in total. The first-order valence-electron chi connectivity index (χ1n) is 13.5. The van der Waals surface area contributed by atoms with E-state index >= 15 is 0 Å². The van der Waals surface area contributed by atoms with Crippen LogP contribution in [-0.4, -0.2) is 43.8 Å². The van der Waals surface area contributed by atoms with Gasteiger partial charge in [-0.3, -0.25) is 13.9 Å². The summed E-state index contributed by atoms with van der Waals surface area (Å²) in [7, 11) is -4.59. The van der Waals surface area contributed by atoms with E-state index in [1.165, 1.54) is 48.5 Å². The highest BCUT2D eigenvalue weighted by Crippen LogP contribution is 2.38. The van der Waals surface area contributed by atoms with Gasteiger partial charge in [0.15, 0.2) is 0 Å². The number of nitrogens with one attached hydrogen (secondary N) is 1. The zero-order chi connectivity index (χ0) is 31.9. The number of hydrogen-bond acceptors (Lipinski definition) is 4. The van der Waals surface area contributed by atoms with E-state index < -0.39 is 62.7 Å². The van der Waals surface area contributed by atoms with Crippen LogP contribution in [0.1, 0.15) is 44.7 Å². The highest BCUT2D eigenvalue weighted by atomic mass is 35.5. The second-order valence-corrected chi connectivity index (χ2v) is 12.1. The Bertz CT molecular complexity index is 1520. The number of nitrogens with zero attached hydrogens (tertiary/aromatic N) is 2. The lowest BCUT2D eigenvalue weighted by atomic mass is 10.1. The Morgan fingerprint density at radius 2 is 1.58 bits per heavy atom. The Morgan fingerprint density at radius 3 is 2.14 bits per heavy atom. The van der Waals surface area contributed by atoms with Crippen molar-refractivity contribution in [2.75, 3.05) is 10.8 Å². The van der Waals surface area contributed by atoms with E-state index in [2.05, 4.69) is 5.32 Å². The van der Waals surface area contributed by atoms with Gasteiger partial charge in [-0.15, -0.1) is 0 Å². The molecule has 0 bridgehead atoms. The van der Waals surface area contributed by atoms with Gasteiger partial charge in [0.2, 0.25) is 11.8 Å². The highest BCUT2D eigenvalue weighted by molar-refractivity contribution is 7.92. The summed E-state index contributed by atoms with van der Waals surface area (Å²) in [5, 5.41) is 2.17. The summed E-state index contributed by atoms with van der Waals surface area (Å²) in [6.07, 6.45) is -4.16. The fraction of sp³-hybridized carbons (Fsp3) is 0.333. The Kier molecular flexibility index (Phi) is 11.2. The number of sulfonamides is 1. The van der Waals surface area contributed by atoms with Crippen molar-refractivity contribution in [3.05, 3.63) is 94.8 Å². The molecule has 0 radical (unpaired) electrons. The minimum atomic E-state index is -4.91. The van der Waals surface area contributed by atoms with Crippen LogP contribution in [-0.2, 0) is 32.3 Å². The standard InChI is InChI=1S/C30H32ClF4N3O4S/c1-4-20(3)36-29(40)27(5-2)37(18-21-11-13-22(32)14-12-21)28(39)19-38(43(41,42)24-9-7-6-8-10-24)23-15-16-26(31)25(17-23)30(33,34)35/h6-17,20,27H,4-5,18-19H2,1-3H3,(H,36,40)/t20-,27-/m0/s1. The maximum atomic E-state index is 14.0. The Balaban J connectivity index is 2.13. The largest absolute Gasteiger partial charge is 0.417 e. The molecular weight excluding hydrogens is 610 g/mol. The molecular formula is C30H32ClF4N3O4S. The van der Waals surface area contributed by atoms with Crippen LogP contribution < -0.4 is 9.62 Å². The predicted octanol–water partition coefficient (Wildman–Crippen LogP) is 6.42. The number of rotatable bonds is 12. The lowest BCUT2D eigenvalue weighted by molar-refractivity contribution is -0.140. The lowest BCUT2D eigenvalue weighted by Gasteiger charge is -2.34. The number of halogens is 5. The van der Waals surface area contributed by atoms with Gasteiger partial charge in [0.25, 0.3) is 10.0 Å². The van der Waals surface area contributed by atoms with Crippen molar-refractivity contribution in [3.63, 3.8) is 0 Å². The fourth-order valence-corrected chi connectivity index (χ4v) is 5.93. The maximum Gasteiger partial charge on any atom is 0.417 e. The van der Waals surface area contributed by atoms with Crippen LogP contribution >= 0.6 is 11.6 Å². The summed E-state index contributed by atoms with van der Waals surface area (Å²) in [5.74, 6) is -1.87. The molecule has 0 saturated heterocycles. The molecule has 0 heterocycles. The lowest BCUT2D eigenvalue weighted by Crippen LogP contribution is -2.53. The van der Waals surface area contributed by atoms with Crippen LogP contribution in [0.15, 0.2) is 77.7 Å². The first-order valence-corrected chi connectivity index (χ1v) is 15.3. The zero-order valence-corrected chi connectivity index (χ0v) is 25.3. The molecule has 0 aromatic heterocycles. The third kappa shape index (κ3) is 8.47. The molecule has 13 heteroatoms. The van der Waals surface area contributed by atoms with Crippen molar-refractivity contribution in [2.24, 2.45) is 0 Å². The molecule has 3 rings (SSSR count). The molecule has 0 aliphatic carbocycles.